The molecule has 14 heteroatoms. The summed E-state index contributed by atoms with van der Waals surface area (Å²) in [5, 5.41) is 6.00. The second-order valence-corrected chi connectivity index (χ2v) is 10.4. The van der Waals surface area contributed by atoms with Crippen molar-refractivity contribution in [1.29, 1.82) is 0 Å². The molecule has 1 aliphatic carbocycles. The van der Waals surface area contributed by atoms with Crippen LogP contribution in [0.3, 0.4) is 0 Å². The van der Waals surface area contributed by atoms with E-state index in [1.165, 1.54) is 6.20 Å². The van der Waals surface area contributed by atoms with Gasteiger partial charge in [0.2, 0.25) is 5.91 Å². The SMILES string of the molecule is COC(=O)C1(Cc2nn3cc([C@@H](N)C4CCC(C)CC4)nc3cc2C(F)(F)F)C[C@@H](C(F)(F)F)CNC1=O. The molecule has 38 heavy (non-hydrogen) atoms. The van der Waals surface area contributed by atoms with Crippen LogP contribution in [-0.4, -0.2) is 46.3 Å². The average molecular weight is 550 g/mol. The fourth-order valence-electron chi connectivity index (χ4n) is 5.49. The van der Waals surface area contributed by atoms with Crippen molar-refractivity contribution in [2.75, 3.05) is 13.7 Å². The average Bonchev–Trinajstić information content (AvgIpc) is 3.26. The maximum Gasteiger partial charge on any atom is 0.418 e. The lowest BCUT2D eigenvalue weighted by molar-refractivity contribution is -0.195. The predicted molar refractivity (Wildman–Crippen MR) is 121 cm³/mol. The monoisotopic (exact) mass is 549 g/mol. The summed E-state index contributed by atoms with van der Waals surface area (Å²) in [4.78, 5) is 29.7. The summed E-state index contributed by atoms with van der Waals surface area (Å²) in [6.45, 7) is 1.34. The number of alkyl halides is 6. The Morgan fingerprint density at radius 3 is 2.47 bits per heavy atom. The number of hydrogen-bond acceptors (Lipinski definition) is 6. The van der Waals surface area contributed by atoms with Gasteiger partial charge in [-0.05, 0) is 37.2 Å². The minimum atomic E-state index is -5.00. The number of hydrogen-bond donors (Lipinski definition) is 2. The van der Waals surface area contributed by atoms with Crippen molar-refractivity contribution in [3.05, 3.63) is 29.2 Å². The molecule has 2 aliphatic rings. The van der Waals surface area contributed by atoms with Gasteiger partial charge in [-0.25, -0.2) is 9.50 Å². The van der Waals surface area contributed by atoms with Gasteiger partial charge >= 0.3 is 18.3 Å². The number of carbonyl (C=O) groups excluding carboxylic acids is 2. The zero-order valence-corrected chi connectivity index (χ0v) is 20.8. The van der Waals surface area contributed by atoms with Crippen molar-refractivity contribution < 1.29 is 40.7 Å². The number of carbonyl (C=O) groups is 2. The Morgan fingerprint density at radius 2 is 1.89 bits per heavy atom. The summed E-state index contributed by atoms with van der Waals surface area (Å²) in [5.74, 6) is -4.04. The first-order valence-electron chi connectivity index (χ1n) is 12.3. The number of imidazole rings is 1. The molecule has 2 aromatic heterocycles. The van der Waals surface area contributed by atoms with Gasteiger partial charge in [0.1, 0.15) is 0 Å². The molecule has 0 bridgehead atoms. The van der Waals surface area contributed by atoms with Gasteiger partial charge in [-0.3, -0.25) is 9.59 Å². The maximum absolute atomic E-state index is 14.1. The molecule has 0 radical (unpaired) electrons. The van der Waals surface area contributed by atoms with Gasteiger partial charge in [0.25, 0.3) is 0 Å². The van der Waals surface area contributed by atoms with Crippen LogP contribution in [0.2, 0.25) is 0 Å². The molecular weight excluding hydrogens is 520 g/mol. The molecule has 3 atom stereocenters. The second-order valence-electron chi connectivity index (χ2n) is 10.4. The summed E-state index contributed by atoms with van der Waals surface area (Å²) in [6.07, 6.45) is -6.90. The van der Waals surface area contributed by atoms with Crippen LogP contribution in [0.5, 0.6) is 0 Å². The number of esters is 1. The van der Waals surface area contributed by atoms with E-state index in [9.17, 15) is 35.9 Å². The van der Waals surface area contributed by atoms with Crippen molar-refractivity contribution in [2.24, 2.45) is 28.9 Å². The smallest absolute Gasteiger partial charge is 0.418 e. The zero-order valence-electron chi connectivity index (χ0n) is 20.8. The van der Waals surface area contributed by atoms with Crippen LogP contribution >= 0.6 is 0 Å². The number of ether oxygens (including phenoxy) is 1. The van der Waals surface area contributed by atoms with Crippen molar-refractivity contribution in [3.8, 4) is 0 Å². The van der Waals surface area contributed by atoms with Crippen LogP contribution in [-0.2, 0) is 26.9 Å². The molecule has 2 fully saturated rings. The number of nitrogens with two attached hydrogens (primary N) is 1. The highest BCUT2D eigenvalue weighted by atomic mass is 19.4. The number of halogens is 6. The van der Waals surface area contributed by atoms with Crippen LogP contribution in [0.25, 0.3) is 5.65 Å². The summed E-state index contributed by atoms with van der Waals surface area (Å²) in [7, 11) is 0.853. The van der Waals surface area contributed by atoms with E-state index in [-0.39, 0.29) is 11.6 Å². The van der Waals surface area contributed by atoms with E-state index in [1.807, 2.05) is 5.32 Å². The number of nitrogens with one attached hydrogen (secondary N) is 1. The lowest BCUT2D eigenvalue weighted by Crippen LogP contribution is -2.58. The van der Waals surface area contributed by atoms with Gasteiger partial charge < -0.3 is 15.8 Å². The van der Waals surface area contributed by atoms with E-state index in [4.69, 9.17) is 5.73 Å². The highest BCUT2D eigenvalue weighted by Crippen LogP contribution is 2.44. The Bertz CT molecular complexity index is 1190. The number of nitrogens with zero attached hydrogens (tertiary/aromatic N) is 3. The van der Waals surface area contributed by atoms with E-state index in [0.717, 1.165) is 37.3 Å². The van der Waals surface area contributed by atoms with Crippen molar-refractivity contribution >= 4 is 17.5 Å². The quantitative estimate of drug-likeness (QED) is 0.332. The molecule has 1 aliphatic heterocycles. The van der Waals surface area contributed by atoms with Gasteiger partial charge in [-0.1, -0.05) is 19.8 Å². The molecule has 0 spiro atoms. The van der Waals surface area contributed by atoms with Gasteiger partial charge in [0.15, 0.2) is 11.1 Å². The van der Waals surface area contributed by atoms with E-state index in [0.29, 0.717) is 17.7 Å². The van der Waals surface area contributed by atoms with Crippen molar-refractivity contribution in [2.45, 2.75) is 63.8 Å². The number of methoxy groups -OCH3 is 1. The molecule has 2 aromatic rings. The molecule has 1 saturated carbocycles. The number of aromatic nitrogens is 3. The topological polar surface area (TPSA) is 112 Å². The molecule has 4 rings (SSSR count). The van der Waals surface area contributed by atoms with Crippen LogP contribution < -0.4 is 11.1 Å². The Kier molecular flexibility index (Phi) is 7.40. The van der Waals surface area contributed by atoms with Crippen LogP contribution in [0, 0.1) is 23.2 Å². The molecule has 1 amide bonds. The fraction of sp³-hybridized carbons (Fsp3) is 0.667. The Hall–Kier alpha value is -2.90. The van der Waals surface area contributed by atoms with Gasteiger partial charge in [-0.15, -0.1) is 0 Å². The molecule has 8 nitrogen and oxygen atoms in total. The van der Waals surface area contributed by atoms with Gasteiger partial charge in [0, 0.05) is 13.0 Å². The Morgan fingerprint density at radius 1 is 1.24 bits per heavy atom. The largest absolute Gasteiger partial charge is 0.468 e. The van der Waals surface area contributed by atoms with Crippen LogP contribution in [0.15, 0.2) is 12.3 Å². The van der Waals surface area contributed by atoms with Gasteiger partial charge in [0.05, 0.1) is 42.2 Å². The molecule has 1 saturated heterocycles. The lowest BCUT2D eigenvalue weighted by atomic mass is 9.71. The number of rotatable bonds is 5. The van der Waals surface area contributed by atoms with Crippen molar-refractivity contribution in [3.63, 3.8) is 0 Å². The highest BCUT2D eigenvalue weighted by Gasteiger charge is 2.57. The van der Waals surface area contributed by atoms with Crippen LogP contribution in [0.1, 0.15) is 62.0 Å². The standard InChI is InChI=1S/C24H29F6N5O3/c1-12-3-5-13(6-4-12)19(31)17-11-35-18(33-17)7-15(24(28,29)30)16(34-35)9-22(21(37)38-2)8-14(23(25,26)27)10-32-20(22)36/h7,11-14,19H,3-6,8-10,31H2,1-2H3,(H,32,36)/t12?,13?,14-,19+,22?/m1/s1. The maximum atomic E-state index is 14.1. The Balaban J connectivity index is 1.76. The molecule has 1 unspecified atom stereocenters. The summed E-state index contributed by atoms with van der Waals surface area (Å²) >= 11 is 0. The third-order valence-corrected chi connectivity index (χ3v) is 7.81. The van der Waals surface area contributed by atoms with Crippen LogP contribution in [0.4, 0.5) is 26.3 Å². The second kappa shape index (κ2) is 10.0. The van der Waals surface area contributed by atoms with E-state index in [2.05, 4.69) is 21.7 Å². The molecular formula is C24H29F6N5O3. The highest BCUT2D eigenvalue weighted by molar-refractivity contribution is 6.03. The zero-order chi connectivity index (χ0) is 28.0. The first-order valence-corrected chi connectivity index (χ1v) is 12.3. The number of piperidine rings is 1. The molecule has 3 N–H and O–H groups in total. The summed E-state index contributed by atoms with van der Waals surface area (Å²) in [6, 6.07) is 0.161. The molecule has 3 heterocycles. The summed E-state index contributed by atoms with van der Waals surface area (Å²) < 4.78 is 88.5. The number of amides is 1. The van der Waals surface area contributed by atoms with E-state index < -0.39 is 72.2 Å². The molecule has 210 valence electrons. The first kappa shape index (κ1) is 28.1. The van der Waals surface area contributed by atoms with Gasteiger partial charge in [-0.2, -0.15) is 31.4 Å². The lowest BCUT2D eigenvalue weighted by Gasteiger charge is -2.38. The normalized spacial score (nSPS) is 27.7. The third-order valence-electron chi connectivity index (χ3n) is 7.81. The van der Waals surface area contributed by atoms with Crippen molar-refractivity contribution in [1.82, 2.24) is 19.9 Å². The third kappa shape index (κ3) is 5.32. The predicted octanol–water partition coefficient (Wildman–Crippen LogP) is 3.97. The van der Waals surface area contributed by atoms with E-state index in [1.54, 1.807) is 0 Å². The minimum absolute atomic E-state index is 0.0884. The Labute approximate surface area is 214 Å². The number of fused-ring (bicyclic) bond motifs is 1. The summed E-state index contributed by atoms with van der Waals surface area (Å²) in [5.41, 5.74) is 1.91. The van der Waals surface area contributed by atoms with E-state index >= 15 is 0 Å². The fourth-order valence-corrected chi connectivity index (χ4v) is 5.49. The minimum Gasteiger partial charge on any atom is -0.468 e. The molecule has 0 aromatic carbocycles. The first-order chi connectivity index (χ1) is 17.7.